The number of amides is 3. The number of para-hydroxylation sites is 1. The number of aryl methyl sites for hydroxylation is 1. The number of nitrogens with zero attached hydrogens (tertiary/aromatic N) is 2. The number of hydrogen-bond acceptors (Lipinski definition) is 5. The number of thioether (sulfide) groups is 1. The van der Waals surface area contributed by atoms with Gasteiger partial charge in [-0.1, -0.05) is 37.3 Å². The fraction of sp³-hybridized carbons (Fsp3) is 0.348. The van der Waals surface area contributed by atoms with Gasteiger partial charge >= 0.3 is 0 Å². The highest BCUT2D eigenvalue weighted by atomic mass is 32.2. The monoisotopic (exact) mass is 440 g/mol. The van der Waals surface area contributed by atoms with E-state index in [1.54, 1.807) is 11.0 Å². The topological polar surface area (TPSA) is 95.7 Å². The quantitative estimate of drug-likeness (QED) is 0.614. The maximum atomic E-state index is 13.0. The molecule has 0 atom stereocenters. The second kappa shape index (κ2) is 11.0. The van der Waals surface area contributed by atoms with E-state index in [0.29, 0.717) is 38.3 Å². The largest absolute Gasteiger partial charge is 0.369 e. The van der Waals surface area contributed by atoms with Crippen molar-refractivity contribution in [1.29, 1.82) is 0 Å². The first-order valence-electron chi connectivity index (χ1n) is 10.4. The van der Waals surface area contributed by atoms with Crippen LogP contribution in [0.15, 0.2) is 53.4 Å². The molecule has 0 saturated carbocycles. The van der Waals surface area contributed by atoms with Gasteiger partial charge < -0.3 is 16.0 Å². The van der Waals surface area contributed by atoms with E-state index in [0.717, 1.165) is 22.6 Å². The Morgan fingerprint density at radius 2 is 1.68 bits per heavy atom. The summed E-state index contributed by atoms with van der Waals surface area (Å²) in [5.41, 5.74) is 7.78. The predicted octanol–water partition coefficient (Wildman–Crippen LogP) is 2.22. The molecule has 1 aliphatic rings. The van der Waals surface area contributed by atoms with Gasteiger partial charge in [-0.25, -0.2) is 0 Å². The Balaban J connectivity index is 1.53. The third-order valence-corrected chi connectivity index (χ3v) is 6.28. The van der Waals surface area contributed by atoms with Crippen molar-refractivity contribution in [3.8, 4) is 0 Å². The molecule has 0 aromatic heterocycles. The van der Waals surface area contributed by atoms with Crippen molar-refractivity contribution < 1.29 is 14.4 Å². The van der Waals surface area contributed by atoms with E-state index in [9.17, 15) is 14.4 Å². The lowest BCUT2D eigenvalue weighted by atomic mass is 10.1. The van der Waals surface area contributed by atoms with E-state index < -0.39 is 5.91 Å². The van der Waals surface area contributed by atoms with E-state index in [1.807, 2.05) is 42.5 Å². The molecular weight excluding hydrogens is 412 g/mol. The number of carbonyl (C=O) groups excluding carboxylic acids is 3. The lowest BCUT2D eigenvalue weighted by Gasteiger charge is -2.34. The molecule has 1 saturated heterocycles. The fourth-order valence-corrected chi connectivity index (χ4v) is 4.32. The molecule has 1 heterocycles. The van der Waals surface area contributed by atoms with Gasteiger partial charge in [0.05, 0.1) is 17.9 Å². The van der Waals surface area contributed by atoms with Crippen molar-refractivity contribution in [2.24, 2.45) is 5.73 Å². The first-order chi connectivity index (χ1) is 15.0. The Hall–Kier alpha value is -2.84. The molecule has 0 aliphatic carbocycles. The fourth-order valence-electron chi connectivity index (χ4n) is 3.54. The summed E-state index contributed by atoms with van der Waals surface area (Å²) in [7, 11) is 0. The number of anilines is 1. The number of nitrogens with two attached hydrogens (primary N) is 1. The summed E-state index contributed by atoms with van der Waals surface area (Å²) >= 11 is 1.27. The van der Waals surface area contributed by atoms with Crippen LogP contribution in [-0.4, -0.2) is 66.0 Å². The zero-order valence-corrected chi connectivity index (χ0v) is 18.5. The highest BCUT2D eigenvalue weighted by Gasteiger charge is 2.25. The molecule has 3 amide bonds. The molecule has 0 unspecified atom stereocenters. The summed E-state index contributed by atoms with van der Waals surface area (Å²) in [4.78, 5) is 41.2. The average molecular weight is 441 g/mol. The van der Waals surface area contributed by atoms with Crippen molar-refractivity contribution in [3.63, 3.8) is 0 Å². The van der Waals surface area contributed by atoms with Gasteiger partial charge in [-0.3, -0.25) is 19.3 Å². The van der Waals surface area contributed by atoms with E-state index >= 15 is 0 Å². The summed E-state index contributed by atoms with van der Waals surface area (Å²) in [6, 6.07) is 15.1. The third-order valence-electron chi connectivity index (χ3n) is 5.19. The number of piperazine rings is 1. The van der Waals surface area contributed by atoms with Gasteiger partial charge in [0.25, 0.3) is 5.91 Å². The Kier molecular flexibility index (Phi) is 8.08. The first-order valence-corrected chi connectivity index (χ1v) is 11.4. The first kappa shape index (κ1) is 22.8. The number of carbonyl (C=O) groups is 3. The maximum Gasteiger partial charge on any atom is 0.255 e. The molecule has 0 bridgehead atoms. The standard InChI is InChI=1S/C23H28N4O3S/c1-2-17-7-3-5-9-19(17)25-22(29)15-26-11-13-27(14-12-26)23(30)18-8-4-6-10-20(18)31-16-21(24)28/h3-10H,2,11-16H2,1H3,(H2,24,28)(H,25,29). The third kappa shape index (κ3) is 6.32. The molecule has 0 radical (unpaired) electrons. The Bertz CT molecular complexity index is 942. The molecule has 1 fully saturated rings. The molecule has 7 nitrogen and oxygen atoms in total. The summed E-state index contributed by atoms with van der Waals surface area (Å²) in [5.74, 6) is -0.392. The Labute approximate surface area is 187 Å². The zero-order valence-electron chi connectivity index (χ0n) is 17.7. The minimum atomic E-state index is -0.416. The normalized spacial score (nSPS) is 14.3. The van der Waals surface area contributed by atoms with Gasteiger partial charge in [0.2, 0.25) is 11.8 Å². The molecule has 164 valence electrons. The second-order valence-corrected chi connectivity index (χ2v) is 8.40. The van der Waals surface area contributed by atoms with Crippen LogP contribution < -0.4 is 11.1 Å². The molecule has 0 spiro atoms. The van der Waals surface area contributed by atoms with Crippen LogP contribution in [0, 0.1) is 0 Å². The van der Waals surface area contributed by atoms with Gasteiger partial charge in [-0.05, 0) is 30.2 Å². The summed E-state index contributed by atoms with van der Waals surface area (Å²) in [5, 5.41) is 3.00. The zero-order chi connectivity index (χ0) is 22.2. The van der Waals surface area contributed by atoms with Crippen LogP contribution in [0.4, 0.5) is 5.69 Å². The number of benzene rings is 2. The average Bonchev–Trinajstić information content (AvgIpc) is 2.78. The van der Waals surface area contributed by atoms with Crippen molar-refractivity contribution in [3.05, 3.63) is 59.7 Å². The van der Waals surface area contributed by atoms with Crippen LogP contribution in [0.1, 0.15) is 22.8 Å². The van der Waals surface area contributed by atoms with Crippen LogP contribution in [-0.2, 0) is 16.0 Å². The lowest BCUT2D eigenvalue weighted by Crippen LogP contribution is -2.50. The van der Waals surface area contributed by atoms with Crippen LogP contribution >= 0.6 is 11.8 Å². The number of rotatable bonds is 8. The van der Waals surface area contributed by atoms with Crippen molar-refractivity contribution in [2.75, 3.05) is 43.8 Å². The lowest BCUT2D eigenvalue weighted by molar-refractivity contribution is -0.117. The second-order valence-electron chi connectivity index (χ2n) is 7.38. The smallest absolute Gasteiger partial charge is 0.255 e. The van der Waals surface area contributed by atoms with Gasteiger partial charge in [-0.2, -0.15) is 0 Å². The van der Waals surface area contributed by atoms with Gasteiger partial charge in [0, 0.05) is 36.8 Å². The van der Waals surface area contributed by atoms with E-state index in [2.05, 4.69) is 17.1 Å². The maximum absolute atomic E-state index is 13.0. The van der Waals surface area contributed by atoms with Gasteiger partial charge in [0.15, 0.2) is 0 Å². The SMILES string of the molecule is CCc1ccccc1NC(=O)CN1CCN(C(=O)c2ccccc2SCC(N)=O)CC1. The molecule has 1 aliphatic heterocycles. The summed E-state index contributed by atoms with van der Waals surface area (Å²) in [6.45, 7) is 4.71. The summed E-state index contributed by atoms with van der Waals surface area (Å²) < 4.78 is 0. The molecular formula is C23H28N4O3S. The summed E-state index contributed by atoms with van der Waals surface area (Å²) in [6.07, 6.45) is 0.858. The molecule has 3 rings (SSSR count). The molecule has 3 N–H and O–H groups in total. The van der Waals surface area contributed by atoms with Gasteiger partial charge in [0.1, 0.15) is 0 Å². The molecule has 31 heavy (non-hydrogen) atoms. The van der Waals surface area contributed by atoms with Crippen molar-refractivity contribution in [2.45, 2.75) is 18.2 Å². The van der Waals surface area contributed by atoms with Crippen LogP contribution in [0.25, 0.3) is 0 Å². The predicted molar refractivity (Wildman–Crippen MR) is 123 cm³/mol. The Morgan fingerprint density at radius 1 is 1.00 bits per heavy atom. The highest BCUT2D eigenvalue weighted by molar-refractivity contribution is 8.00. The number of hydrogen-bond donors (Lipinski definition) is 2. The Morgan fingerprint density at radius 3 is 2.39 bits per heavy atom. The number of primary amides is 1. The van der Waals surface area contributed by atoms with E-state index in [-0.39, 0.29) is 17.6 Å². The minimum Gasteiger partial charge on any atom is -0.369 e. The minimum absolute atomic E-state index is 0.0473. The van der Waals surface area contributed by atoms with Crippen molar-refractivity contribution in [1.82, 2.24) is 9.80 Å². The molecule has 2 aromatic rings. The van der Waals surface area contributed by atoms with E-state index in [1.165, 1.54) is 11.8 Å². The van der Waals surface area contributed by atoms with Crippen LogP contribution in [0.3, 0.4) is 0 Å². The van der Waals surface area contributed by atoms with E-state index in [4.69, 9.17) is 5.73 Å². The number of nitrogens with one attached hydrogen (secondary N) is 1. The molecule has 8 heteroatoms. The van der Waals surface area contributed by atoms with Gasteiger partial charge in [-0.15, -0.1) is 11.8 Å². The van der Waals surface area contributed by atoms with Crippen LogP contribution in [0.5, 0.6) is 0 Å². The molecule has 2 aromatic carbocycles. The highest BCUT2D eigenvalue weighted by Crippen LogP contribution is 2.24. The van der Waals surface area contributed by atoms with Crippen molar-refractivity contribution >= 4 is 35.2 Å². The van der Waals surface area contributed by atoms with Crippen LogP contribution in [0.2, 0.25) is 0 Å².